The molecule has 0 fully saturated rings. The van der Waals surface area contributed by atoms with Crippen molar-refractivity contribution in [3.8, 4) is 0 Å². The maximum atomic E-state index is 4.37. The van der Waals surface area contributed by atoms with E-state index >= 15 is 0 Å². The SMILES string of the molecule is CC(S)SC(SC(C)S)SC(C)S. The van der Waals surface area contributed by atoms with Crippen molar-refractivity contribution in [2.24, 2.45) is 0 Å². The van der Waals surface area contributed by atoms with Crippen molar-refractivity contribution in [3.05, 3.63) is 0 Å². The fourth-order valence-corrected chi connectivity index (χ4v) is 7.89. The molecule has 0 aliphatic rings. The van der Waals surface area contributed by atoms with E-state index in [9.17, 15) is 0 Å². The van der Waals surface area contributed by atoms with Gasteiger partial charge in [0.1, 0.15) is 0 Å². The van der Waals surface area contributed by atoms with Crippen molar-refractivity contribution in [3.63, 3.8) is 0 Å². The summed E-state index contributed by atoms with van der Waals surface area (Å²) in [4.78, 5) is 0. The highest BCUT2D eigenvalue weighted by Crippen LogP contribution is 2.42. The number of thiol groups is 3. The lowest BCUT2D eigenvalue weighted by atomic mass is 11.0. The second-order valence-electron chi connectivity index (χ2n) is 2.49. The van der Waals surface area contributed by atoms with Crippen molar-refractivity contribution in [1.29, 1.82) is 0 Å². The summed E-state index contributed by atoms with van der Waals surface area (Å²) in [5.74, 6) is 0. The normalized spacial score (nSPS) is 20.8. The molecule has 3 unspecified atom stereocenters. The van der Waals surface area contributed by atoms with Crippen molar-refractivity contribution in [2.45, 2.75) is 38.4 Å². The Morgan fingerprint density at radius 2 is 0.923 bits per heavy atom. The first-order valence-corrected chi connectivity index (χ1v) is 8.30. The summed E-state index contributed by atoms with van der Waals surface area (Å²) in [5.41, 5.74) is 0. The molecule has 3 atom stereocenters. The summed E-state index contributed by atoms with van der Waals surface area (Å²) in [5, 5.41) is 0. The Bertz CT molecular complexity index is 100. The average molecular weight is 293 g/mol. The van der Waals surface area contributed by atoms with Crippen LogP contribution >= 0.6 is 73.2 Å². The Hall–Kier alpha value is 2.10. The van der Waals surface area contributed by atoms with Crippen LogP contribution in [-0.2, 0) is 0 Å². The van der Waals surface area contributed by atoms with Gasteiger partial charge in [0.2, 0.25) is 0 Å². The van der Waals surface area contributed by atoms with Gasteiger partial charge < -0.3 is 0 Å². The van der Waals surface area contributed by atoms with Crippen LogP contribution in [0.1, 0.15) is 20.8 Å². The predicted octanol–water partition coefficient (Wildman–Crippen LogP) is 4.30. The largest absolute Gasteiger partial charge is 0.165 e. The molecule has 0 rings (SSSR count). The Morgan fingerprint density at radius 3 is 1.08 bits per heavy atom. The molecule has 0 aliphatic heterocycles. The lowest BCUT2D eigenvalue weighted by Crippen LogP contribution is -2.02. The van der Waals surface area contributed by atoms with Crippen LogP contribution in [-0.4, -0.2) is 17.7 Å². The average Bonchev–Trinajstić information content (AvgIpc) is 1.80. The zero-order valence-corrected chi connectivity index (χ0v) is 13.0. The molecular weight excluding hydrogens is 276 g/mol. The van der Waals surface area contributed by atoms with Gasteiger partial charge in [-0.05, 0) is 20.8 Å². The molecule has 0 aromatic carbocycles. The monoisotopic (exact) mass is 292 g/mol. The van der Waals surface area contributed by atoms with Gasteiger partial charge >= 0.3 is 0 Å². The number of hydrogen-bond donors (Lipinski definition) is 3. The smallest absolute Gasteiger partial charge is 0.0988 e. The van der Waals surface area contributed by atoms with Crippen molar-refractivity contribution < 1.29 is 0 Å². The van der Waals surface area contributed by atoms with Crippen LogP contribution in [0, 0.1) is 0 Å². The molecule has 0 bridgehead atoms. The topological polar surface area (TPSA) is 0 Å². The summed E-state index contributed by atoms with van der Waals surface area (Å²) in [6.45, 7) is 6.27. The standard InChI is InChI=1S/C7H16S6/c1-4(8)11-7(12-5(2)9)13-6(3)10/h4-10H,1-3H3. The summed E-state index contributed by atoms with van der Waals surface area (Å²) in [6, 6.07) is 0. The van der Waals surface area contributed by atoms with E-state index in [4.69, 9.17) is 0 Å². The molecule has 0 heterocycles. The molecular formula is C7H16S6. The van der Waals surface area contributed by atoms with Gasteiger partial charge in [0, 0.05) is 13.7 Å². The van der Waals surface area contributed by atoms with Crippen LogP contribution < -0.4 is 0 Å². The summed E-state index contributed by atoms with van der Waals surface area (Å²) < 4.78 is 1.57. The minimum Gasteiger partial charge on any atom is -0.165 e. The second-order valence-corrected chi connectivity index (χ2v) is 11.1. The summed E-state index contributed by atoms with van der Waals surface area (Å²) >= 11 is 18.7. The van der Waals surface area contributed by atoms with E-state index < -0.39 is 0 Å². The molecule has 0 nitrogen and oxygen atoms in total. The van der Waals surface area contributed by atoms with E-state index in [2.05, 4.69) is 58.7 Å². The Morgan fingerprint density at radius 1 is 0.692 bits per heavy atom. The van der Waals surface area contributed by atoms with Crippen LogP contribution in [0.2, 0.25) is 0 Å². The molecule has 0 aromatic heterocycles. The van der Waals surface area contributed by atoms with Gasteiger partial charge in [-0.2, -0.15) is 37.9 Å². The first-order chi connectivity index (χ1) is 5.91. The van der Waals surface area contributed by atoms with Gasteiger partial charge in [0.05, 0.1) is 3.91 Å². The molecule has 6 heteroatoms. The van der Waals surface area contributed by atoms with Gasteiger partial charge in [-0.15, -0.1) is 35.3 Å². The van der Waals surface area contributed by atoms with E-state index in [1.54, 1.807) is 0 Å². The zero-order valence-electron chi connectivity index (χ0n) is 7.88. The van der Waals surface area contributed by atoms with Gasteiger partial charge in [0.25, 0.3) is 0 Å². The highest BCUT2D eigenvalue weighted by atomic mass is 32.3. The van der Waals surface area contributed by atoms with E-state index in [0.717, 1.165) is 0 Å². The first kappa shape index (κ1) is 15.1. The molecule has 0 radical (unpaired) electrons. The maximum absolute atomic E-state index is 4.37. The van der Waals surface area contributed by atoms with Crippen LogP contribution in [0.5, 0.6) is 0 Å². The Kier molecular flexibility index (Phi) is 9.61. The van der Waals surface area contributed by atoms with E-state index in [0.29, 0.717) is 17.7 Å². The number of thioether (sulfide) groups is 3. The fourth-order valence-electron chi connectivity index (χ4n) is 0.579. The van der Waals surface area contributed by atoms with Gasteiger partial charge in [-0.25, -0.2) is 0 Å². The lowest BCUT2D eigenvalue weighted by Gasteiger charge is -2.20. The molecule has 80 valence electrons. The Balaban J connectivity index is 3.87. The van der Waals surface area contributed by atoms with Gasteiger partial charge in [-0.3, -0.25) is 0 Å². The zero-order chi connectivity index (χ0) is 10.4. The quantitative estimate of drug-likeness (QED) is 0.494. The molecule has 0 N–H and O–H groups in total. The predicted molar refractivity (Wildman–Crippen MR) is 81.9 cm³/mol. The number of hydrogen-bond acceptors (Lipinski definition) is 6. The Labute approximate surface area is 111 Å². The van der Waals surface area contributed by atoms with Crippen molar-refractivity contribution in [2.75, 3.05) is 0 Å². The molecule has 0 spiro atoms. The van der Waals surface area contributed by atoms with Crippen LogP contribution in [0.15, 0.2) is 0 Å². The third-order valence-electron chi connectivity index (χ3n) is 0.924. The molecule has 0 aromatic rings. The first-order valence-electron chi connectivity index (χ1n) is 3.92. The third kappa shape index (κ3) is 10.4. The van der Waals surface area contributed by atoms with Crippen molar-refractivity contribution in [1.82, 2.24) is 0 Å². The van der Waals surface area contributed by atoms with Crippen LogP contribution in [0.3, 0.4) is 0 Å². The minimum atomic E-state index is 0.365. The molecule has 0 saturated heterocycles. The van der Waals surface area contributed by atoms with Crippen LogP contribution in [0.4, 0.5) is 0 Å². The number of rotatable bonds is 6. The van der Waals surface area contributed by atoms with E-state index in [1.165, 1.54) is 0 Å². The summed E-state index contributed by atoms with van der Waals surface area (Å²) in [7, 11) is 0. The molecule has 0 aliphatic carbocycles. The van der Waals surface area contributed by atoms with Crippen molar-refractivity contribution >= 4 is 73.2 Å². The second kappa shape index (κ2) is 8.28. The third-order valence-corrected chi connectivity index (χ3v) is 5.87. The highest BCUT2D eigenvalue weighted by Gasteiger charge is 2.16. The highest BCUT2D eigenvalue weighted by molar-refractivity contribution is 8.37. The van der Waals surface area contributed by atoms with Gasteiger partial charge in [0.15, 0.2) is 0 Å². The molecule has 0 amide bonds. The van der Waals surface area contributed by atoms with Gasteiger partial charge in [-0.1, -0.05) is 0 Å². The summed E-state index contributed by atoms with van der Waals surface area (Å²) in [6.07, 6.45) is 0. The maximum Gasteiger partial charge on any atom is 0.0988 e. The van der Waals surface area contributed by atoms with E-state index in [-0.39, 0.29) is 0 Å². The van der Waals surface area contributed by atoms with E-state index in [1.807, 2.05) is 35.3 Å². The molecule has 0 saturated carbocycles. The molecule has 13 heavy (non-hydrogen) atoms. The van der Waals surface area contributed by atoms with Crippen LogP contribution in [0.25, 0.3) is 0 Å². The minimum absolute atomic E-state index is 0.365. The fraction of sp³-hybridized carbons (Fsp3) is 1.00. The lowest BCUT2D eigenvalue weighted by molar-refractivity contribution is 1.40.